The molecule has 8 heteroatoms. The highest BCUT2D eigenvalue weighted by Gasteiger charge is 2.17. The van der Waals surface area contributed by atoms with Crippen molar-refractivity contribution in [3.63, 3.8) is 0 Å². The minimum absolute atomic E-state index is 0.0581. The monoisotopic (exact) mass is 314 g/mol. The van der Waals surface area contributed by atoms with Crippen LogP contribution >= 0.6 is 15.9 Å². The van der Waals surface area contributed by atoms with Gasteiger partial charge in [0.15, 0.2) is 0 Å². The lowest BCUT2D eigenvalue weighted by molar-refractivity contribution is -0.384. The fraction of sp³-hybridized carbons (Fsp3) is 0.400. The largest absolute Gasteiger partial charge is 0.492 e. The lowest BCUT2D eigenvalue weighted by atomic mass is 10.2. The molecule has 0 aromatic heterocycles. The van der Waals surface area contributed by atoms with E-state index in [4.69, 9.17) is 10.3 Å². The number of azide groups is 1. The number of rotatable bonds is 6. The van der Waals surface area contributed by atoms with Crippen LogP contribution in [0.2, 0.25) is 0 Å². The van der Waals surface area contributed by atoms with Gasteiger partial charge in [0.2, 0.25) is 0 Å². The van der Waals surface area contributed by atoms with Gasteiger partial charge in [-0.25, -0.2) is 0 Å². The number of nitro benzene ring substituents is 1. The summed E-state index contributed by atoms with van der Waals surface area (Å²) in [5.74, 6) is 0.427. The van der Waals surface area contributed by atoms with Gasteiger partial charge in [0.25, 0.3) is 5.69 Å². The van der Waals surface area contributed by atoms with Crippen molar-refractivity contribution in [3.05, 3.63) is 37.2 Å². The number of hydrogen-bond donors (Lipinski definition) is 0. The molecule has 0 spiro atoms. The number of unbranched alkanes of at least 4 members (excludes halogenated alkanes) is 1. The highest BCUT2D eigenvalue weighted by atomic mass is 79.9. The van der Waals surface area contributed by atoms with E-state index in [9.17, 15) is 10.1 Å². The Balaban J connectivity index is 3.10. The van der Waals surface area contributed by atoms with Crippen LogP contribution in [0.1, 0.15) is 19.8 Å². The van der Waals surface area contributed by atoms with Crippen molar-refractivity contribution in [2.75, 3.05) is 6.61 Å². The molecular weight excluding hydrogens is 304 g/mol. The number of hydrogen-bond acceptors (Lipinski definition) is 4. The molecule has 0 amide bonds. The maximum absolute atomic E-state index is 10.8. The van der Waals surface area contributed by atoms with Crippen molar-refractivity contribution >= 4 is 27.3 Å². The predicted molar refractivity (Wildman–Crippen MR) is 70.0 cm³/mol. The summed E-state index contributed by atoms with van der Waals surface area (Å²) in [6.45, 7) is 2.53. The Bertz CT molecular complexity index is 500. The maximum Gasteiger partial charge on any atom is 0.280 e. The first-order valence-corrected chi connectivity index (χ1v) is 6.05. The maximum atomic E-state index is 10.8. The summed E-state index contributed by atoms with van der Waals surface area (Å²) in [7, 11) is 0. The summed E-state index contributed by atoms with van der Waals surface area (Å²) >= 11 is 3.19. The summed E-state index contributed by atoms with van der Waals surface area (Å²) < 4.78 is 5.91. The first-order chi connectivity index (χ1) is 8.60. The molecule has 0 saturated heterocycles. The van der Waals surface area contributed by atoms with Gasteiger partial charge < -0.3 is 4.74 Å². The fourth-order valence-electron chi connectivity index (χ4n) is 1.24. The van der Waals surface area contributed by atoms with E-state index in [1.807, 2.05) is 6.92 Å². The number of ether oxygens (including phenoxy) is 1. The van der Waals surface area contributed by atoms with E-state index in [1.54, 1.807) is 0 Å². The molecule has 0 saturated carbocycles. The standard InChI is InChI=1S/C10H11BrN4O3/c1-2-3-4-18-10-6-8(13-14-12)9(15(16)17)5-7(10)11/h5-6H,2-4H2,1H3. The molecule has 0 fully saturated rings. The molecule has 0 heterocycles. The van der Waals surface area contributed by atoms with Gasteiger partial charge in [-0.2, -0.15) is 0 Å². The molecule has 18 heavy (non-hydrogen) atoms. The zero-order chi connectivity index (χ0) is 13.5. The number of nitrogens with zero attached hydrogens (tertiary/aromatic N) is 4. The van der Waals surface area contributed by atoms with E-state index >= 15 is 0 Å². The zero-order valence-corrected chi connectivity index (χ0v) is 11.3. The first-order valence-electron chi connectivity index (χ1n) is 5.26. The van der Waals surface area contributed by atoms with E-state index in [-0.39, 0.29) is 11.4 Å². The predicted octanol–water partition coefficient (Wildman–Crippen LogP) is 4.48. The minimum Gasteiger partial charge on any atom is -0.492 e. The third kappa shape index (κ3) is 3.61. The van der Waals surface area contributed by atoms with Gasteiger partial charge in [-0.3, -0.25) is 10.1 Å². The molecule has 0 aliphatic heterocycles. The zero-order valence-electron chi connectivity index (χ0n) is 9.67. The normalized spacial score (nSPS) is 9.67. The molecule has 0 bridgehead atoms. The van der Waals surface area contributed by atoms with Crippen LogP contribution in [0.3, 0.4) is 0 Å². The van der Waals surface area contributed by atoms with Crippen molar-refractivity contribution in [3.8, 4) is 5.75 Å². The van der Waals surface area contributed by atoms with Crippen LogP contribution in [0.15, 0.2) is 21.7 Å². The molecule has 96 valence electrons. The number of halogens is 1. The van der Waals surface area contributed by atoms with Crippen LogP contribution in [0, 0.1) is 10.1 Å². The van der Waals surface area contributed by atoms with Crippen molar-refractivity contribution < 1.29 is 9.66 Å². The molecule has 0 radical (unpaired) electrons. The molecule has 0 N–H and O–H groups in total. The summed E-state index contributed by atoms with van der Waals surface area (Å²) in [5.41, 5.74) is 8.06. The SMILES string of the molecule is CCCCOc1cc(N=[N+]=[N-])c([N+](=O)[O-])cc1Br. The second-order valence-electron chi connectivity index (χ2n) is 3.42. The Hall–Kier alpha value is -1.79. The van der Waals surface area contributed by atoms with Crippen LogP contribution < -0.4 is 4.74 Å². The summed E-state index contributed by atoms with van der Waals surface area (Å²) in [4.78, 5) is 12.7. The van der Waals surface area contributed by atoms with Crippen LogP contribution in [0.5, 0.6) is 5.75 Å². The second-order valence-corrected chi connectivity index (χ2v) is 4.27. The van der Waals surface area contributed by atoms with Gasteiger partial charge in [0, 0.05) is 11.0 Å². The van der Waals surface area contributed by atoms with Crippen molar-refractivity contribution in [1.82, 2.24) is 0 Å². The Morgan fingerprint density at radius 3 is 2.89 bits per heavy atom. The van der Waals surface area contributed by atoms with Gasteiger partial charge in [-0.05, 0) is 33.9 Å². The fourth-order valence-corrected chi connectivity index (χ4v) is 1.69. The third-order valence-corrected chi connectivity index (χ3v) is 2.75. The van der Waals surface area contributed by atoms with Crippen molar-refractivity contribution in [2.24, 2.45) is 5.11 Å². The smallest absolute Gasteiger partial charge is 0.280 e. The van der Waals surface area contributed by atoms with Gasteiger partial charge in [0.1, 0.15) is 11.4 Å². The molecule has 1 aromatic rings. The molecule has 1 aromatic carbocycles. The highest BCUT2D eigenvalue weighted by molar-refractivity contribution is 9.10. The van der Waals surface area contributed by atoms with Crippen LogP contribution in [-0.4, -0.2) is 11.5 Å². The third-order valence-electron chi connectivity index (χ3n) is 2.13. The number of nitro groups is 1. The number of benzene rings is 1. The van der Waals surface area contributed by atoms with Crippen LogP contribution in [0.25, 0.3) is 10.4 Å². The molecular formula is C10H11BrN4O3. The van der Waals surface area contributed by atoms with Crippen molar-refractivity contribution in [2.45, 2.75) is 19.8 Å². The van der Waals surface area contributed by atoms with E-state index in [0.717, 1.165) is 12.8 Å². The Morgan fingerprint density at radius 2 is 2.33 bits per heavy atom. The Morgan fingerprint density at radius 1 is 1.61 bits per heavy atom. The molecule has 0 atom stereocenters. The molecule has 0 unspecified atom stereocenters. The van der Waals surface area contributed by atoms with Crippen LogP contribution in [-0.2, 0) is 0 Å². The molecule has 7 nitrogen and oxygen atoms in total. The average molecular weight is 315 g/mol. The minimum atomic E-state index is -0.607. The van der Waals surface area contributed by atoms with Crippen LogP contribution in [0.4, 0.5) is 11.4 Å². The average Bonchev–Trinajstić information content (AvgIpc) is 2.33. The Kier molecular flexibility index (Phi) is 5.41. The van der Waals surface area contributed by atoms with Gasteiger partial charge in [-0.1, -0.05) is 18.5 Å². The first kappa shape index (κ1) is 14.3. The van der Waals surface area contributed by atoms with E-state index < -0.39 is 4.92 Å². The quantitative estimate of drug-likeness (QED) is 0.193. The van der Waals surface area contributed by atoms with E-state index in [0.29, 0.717) is 16.8 Å². The lowest BCUT2D eigenvalue weighted by Crippen LogP contribution is -1.98. The van der Waals surface area contributed by atoms with E-state index in [1.165, 1.54) is 12.1 Å². The molecule has 0 aliphatic carbocycles. The topological polar surface area (TPSA) is 101 Å². The van der Waals surface area contributed by atoms with Crippen molar-refractivity contribution in [1.29, 1.82) is 0 Å². The summed E-state index contributed by atoms with van der Waals surface area (Å²) in [6, 6.07) is 2.63. The molecule has 0 aliphatic rings. The summed E-state index contributed by atoms with van der Waals surface area (Å²) in [6.07, 6.45) is 1.86. The molecule has 1 rings (SSSR count). The van der Waals surface area contributed by atoms with Gasteiger partial charge in [0.05, 0.1) is 16.0 Å². The van der Waals surface area contributed by atoms with Gasteiger partial charge >= 0.3 is 0 Å². The van der Waals surface area contributed by atoms with Gasteiger partial charge in [-0.15, -0.1) is 0 Å². The van der Waals surface area contributed by atoms with E-state index in [2.05, 4.69) is 26.0 Å². The lowest BCUT2D eigenvalue weighted by Gasteiger charge is -2.08. The second kappa shape index (κ2) is 6.83. The Labute approximate surface area is 112 Å². The highest BCUT2D eigenvalue weighted by Crippen LogP contribution is 2.37. The summed E-state index contributed by atoms with van der Waals surface area (Å²) in [5, 5.41) is 14.1.